The average Bonchev–Trinajstić information content (AvgIpc) is 2.99. The molecule has 0 saturated heterocycles. The topological polar surface area (TPSA) is 48.1 Å². The van der Waals surface area contributed by atoms with Gasteiger partial charge in [-0.1, -0.05) is 36.4 Å². The zero-order valence-electron chi connectivity index (χ0n) is 12.8. The first-order valence-electron chi connectivity index (χ1n) is 7.86. The lowest BCUT2D eigenvalue weighted by Gasteiger charge is -2.11. The van der Waals surface area contributed by atoms with Crippen molar-refractivity contribution in [1.82, 2.24) is 4.98 Å². The van der Waals surface area contributed by atoms with E-state index in [4.69, 9.17) is 10.5 Å². The fourth-order valence-electron chi connectivity index (χ4n) is 3.21. The summed E-state index contributed by atoms with van der Waals surface area (Å²) in [7, 11) is 0. The van der Waals surface area contributed by atoms with Gasteiger partial charge in [0.05, 0.1) is 5.69 Å². The first-order valence-corrected chi connectivity index (χ1v) is 7.86. The highest BCUT2D eigenvalue weighted by Gasteiger charge is 2.22. The number of hydrogen-bond acceptors (Lipinski definition) is 3. The van der Waals surface area contributed by atoms with Crippen LogP contribution in [0.1, 0.15) is 11.3 Å². The van der Waals surface area contributed by atoms with Crippen LogP contribution in [0, 0.1) is 0 Å². The minimum Gasteiger partial charge on any atom is -0.492 e. The summed E-state index contributed by atoms with van der Waals surface area (Å²) in [4.78, 5) is 4.58. The van der Waals surface area contributed by atoms with E-state index in [1.165, 1.54) is 22.3 Å². The fourth-order valence-corrected chi connectivity index (χ4v) is 3.21. The van der Waals surface area contributed by atoms with Gasteiger partial charge >= 0.3 is 0 Å². The lowest BCUT2D eigenvalue weighted by molar-refractivity contribution is 0.328. The molecule has 3 nitrogen and oxygen atoms in total. The standard InChI is InChI=1S/C20H18N2O/c21-9-11-23-16-6-3-5-14(12-16)18-8-10-22-19-13-15-4-1-2-7-17(15)20(18)19/h1-8,10,12H,9,11,13,21H2. The van der Waals surface area contributed by atoms with Crippen LogP contribution in [0.4, 0.5) is 0 Å². The Morgan fingerprint density at radius 3 is 2.83 bits per heavy atom. The second-order valence-corrected chi connectivity index (χ2v) is 5.68. The summed E-state index contributed by atoms with van der Waals surface area (Å²) in [6.07, 6.45) is 2.80. The largest absolute Gasteiger partial charge is 0.492 e. The molecule has 2 N–H and O–H groups in total. The van der Waals surface area contributed by atoms with Crippen molar-refractivity contribution in [2.24, 2.45) is 5.73 Å². The van der Waals surface area contributed by atoms with E-state index in [1.807, 2.05) is 18.3 Å². The molecule has 0 spiro atoms. The Kier molecular flexibility index (Phi) is 3.56. The van der Waals surface area contributed by atoms with Crippen LogP contribution in [0.25, 0.3) is 22.3 Å². The minimum absolute atomic E-state index is 0.516. The predicted octanol–water partition coefficient (Wildman–Crippen LogP) is 3.66. The zero-order valence-corrected chi connectivity index (χ0v) is 12.8. The number of aromatic nitrogens is 1. The van der Waals surface area contributed by atoms with Crippen molar-refractivity contribution in [3.63, 3.8) is 0 Å². The number of ether oxygens (including phenoxy) is 1. The van der Waals surface area contributed by atoms with Gasteiger partial charge in [-0.15, -0.1) is 0 Å². The zero-order chi connectivity index (χ0) is 15.6. The van der Waals surface area contributed by atoms with Crippen LogP contribution in [0.5, 0.6) is 5.75 Å². The molecule has 0 unspecified atom stereocenters. The van der Waals surface area contributed by atoms with Crippen LogP contribution < -0.4 is 10.5 Å². The molecule has 0 aliphatic heterocycles. The number of rotatable bonds is 4. The summed E-state index contributed by atoms with van der Waals surface area (Å²) in [5, 5.41) is 0. The van der Waals surface area contributed by atoms with Gasteiger partial charge in [0.2, 0.25) is 0 Å². The highest BCUT2D eigenvalue weighted by molar-refractivity contribution is 5.89. The van der Waals surface area contributed by atoms with E-state index in [2.05, 4.69) is 47.4 Å². The second kappa shape index (κ2) is 5.86. The number of hydrogen-bond donors (Lipinski definition) is 1. The van der Waals surface area contributed by atoms with Gasteiger partial charge in [0, 0.05) is 24.7 Å². The maximum atomic E-state index is 5.67. The molecule has 23 heavy (non-hydrogen) atoms. The molecule has 3 heteroatoms. The van der Waals surface area contributed by atoms with Crippen molar-refractivity contribution in [2.75, 3.05) is 13.2 Å². The molecule has 1 heterocycles. The van der Waals surface area contributed by atoms with Crippen LogP contribution in [0.3, 0.4) is 0 Å². The molecule has 2 aromatic carbocycles. The molecule has 114 valence electrons. The van der Waals surface area contributed by atoms with Gasteiger partial charge in [0.25, 0.3) is 0 Å². The van der Waals surface area contributed by atoms with Crippen molar-refractivity contribution in [3.8, 4) is 28.0 Å². The minimum atomic E-state index is 0.516. The Bertz CT molecular complexity index is 858. The molecule has 1 aromatic heterocycles. The molecular formula is C20H18N2O. The van der Waals surface area contributed by atoms with Crippen LogP contribution in [-0.2, 0) is 6.42 Å². The van der Waals surface area contributed by atoms with Crippen molar-refractivity contribution >= 4 is 0 Å². The Hall–Kier alpha value is -2.65. The van der Waals surface area contributed by atoms with Gasteiger partial charge in [-0.2, -0.15) is 0 Å². The van der Waals surface area contributed by atoms with Gasteiger partial charge in [0.15, 0.2) is 0 Å². The smallest absolute Gasteiger partial charge is 0.119 e. The van der Waals surface area contributed by atoms with Crippen molar-refractivity contribution < 1.29 is 4.74 Å². The van der Waals surface area contributed by atoms with Gasteiger partial charge in [-0.3, -0.25) is 4.98 Å². The number of fused-ring (bicyclic) bond motifs is 3. The molecule has 0 atom stereocenters. The molecule has 1 aliphatic rings. The Morgan fingerprint density at radius 1 is 1.00 bits per heavy atom. The molecule has 3 aromatic rings. The SMILES string of the molecule is NCCOc1cccc(-c2ccnc3c2-c2ccccc2C3)c1. The highest BCUT2D eigenvalue weighted by atomic mass is 16.5. The van der Waals surface area contributed by atoms with Crippen molar-refractivity contribution in [2.45, 2.75) is 6.42 Å². The van der Waals surface area contributed by atoms with Gasteiger partial charge < -0.3 is 10.5 Å². The first-order chi connectivity index (χ1) is 11.4. The predicted molar refractivity (Wildman–Crippen MR) is 92.5 cm³/mol. The summed E-state index contributed by atoms with van der Waals surface area (Å²) >= 11 is 0. The summed E-state index contributed by atoms with van der Waals surface area (Å²) in [5.74, 6) is 0.852. The van der Waals surface area contributed by atoms with E-state index in [9.17, 15) is 0 Å². The third-order valence-corrected chi connectivity index (χ3v) is 4.21. The monoisotopic (exact) mass is 302 g/mol. The van der Waals surface area contributed by atoms with Crippen molar-refractivity contribution in [3.05, 3.63) is 72.1 Å². The van der Waals surface area contributed by atoms with Gasteiger partial charge in [-0.25, -0.2) is 0 Å². The number of nitrogens with zero attached hydrogens (tertiary/aromatic N) is 1. The van der Waals surface area contributed by atoms with Crippen molar-refractivity contribution in [1.29, 1.82) is 0 Å². The van der Waals surface area contributed by atoms with E-state index in [1.54, 1.807) is 0 Å². The normalized spacial score (nSPS) is 11.9. The van der Waals surface area contributed by atoms with Crippen LogP contribution in [0.2, 0.25) is 0 Å². The van der Waals surface area contributed by atoms with E-state index in [0.29, 0.717) is 13.2 Å². The van der Waals surface area contributed by atoms with Crippen LogP contribution in [0.15, 0.2) is 60.8 Å². The molecular weight excluding hydrogens is 284 g/mol. The molecule has 0 fully saturated rings. The van der Waals surface area contributed by atoms with E-state index in [-0.39, 0.29) is 0 Å². The third-order valence-electron chi connectivity index (χ3n) is 4.21. The van der Waals surface area contributed by atoms with E-state index < -0.39 is 0 Å². The quantitative estimate of drug-likeness (QED) is 0.626. The maximum absolute atomic E-state index is 5.67. The molecule has 0 saturated carbocycles. The van der Waals surface area contributed by atoms with E-state index >= 15 is 0 Å². The Labute approximate surface area is 135 Å². The summed E-state index contributed by atoms with van der Waals surface area (Å²) in [6.45, 7) is 1.04. The lowest BCUT2D eigenvalue weighted by atomic mass is 9.96. The second-order valence-electron chi connectivity index (χ2n) is 5.68. The van der Waals surface area contributed by atoms with Crippen LogP contribution >= 0.6 is 0 Å². The Morgan fingerprint density at radius 2 is 1.91 bits per heavy atom. The highest BCUT2D eigenvalue weighted by Crippen LogP contribution is 2.42. The van der Waals surface area contributed by atoms with E-state index in [0.717, 1.165) is 23.4 Å². The fraction of sp³-hybridized carbons (Fsp3) is 0.150. The van der Waals surface area contributed by atoms with Gasteiger partial charge in [0.1, 0.15) is 12.4 Å². The van der Waals surface area contributed by atoms with Gasteiger partial charge in [-0.05, 0) is 40.5 Å². The molecule has 4 rings (SSSR count). The summed E-state index contributed by atoms with van der Waals surface area (Å²) in [6, 6.07) is 18.8. The molecule has 0 bridgehead atoms. The maximum Gasteiger partial charge on any atom is 0.119 e. The molecule has 0 radical (unpaired) electrons. The Balaban J connectivity index is 1.82. The average molecular weight is 302 g/mol. The number of nitrogens with two attached hydrogens (primary N) is 1. The number of benzene rings is 2. The third kappa shape index (κ3) is 2.49. The molecule has 0 amide bonds. The first kappa shape index (κ1) is 14.0. The lowest BCUT2D eigenvalue weighted by Crippen LogP contribution is -2.10. The number of pyridine rings is 1. The summed E-state index contributed by atoms with van der Waals surface area (Å²) in [5.41, 5.74) is 12.9. The molecule has 1 aliphatic carbocycles. The van der Waals surface area contributed by atoms with Crippen LogP contribution in [-0.4, -0.2) is 18.1 Å². The summed E-state index contributed by atoms with van der Waals surface area (Å²) < 4.78 is 5.67.